The van der Waals surface area contributed by atoms with Gasteiger partial charge in [-0.3, -0.25) is 14.3 Å². The Morgan fingerprint density at radius 1 is 0.939 bits per heavy atom. The Morgan fingerprint density at radius 3 is 2.24 bits per heavy atom. The van der Waals surface area contributed by atoms with Gasteiger partial charge in [-0.2, -0.15) is 0 Å². The molecule has 0 saturated carbocycles. The molecule has 4 rings (SSSR count). The first-order valence-corrected chi connectivity index (χ1v) is 12.4. The Hall–Kier alpha value is -3.27. The van der Waals surface area contributed by atoms with Crippen molar-refractivity contribution in [1.82, 2.24) is 4.90 Å². The topological polar surface area (TPSA) is 114 Å². The predicted octanol–water partition coefficient (Wildman–Crippen LogP) is 2.85. The van der Waals surface area contributed by atoms with E-state index in [1.807, 2.05) is 0 Å². The molecule has 0 aliphatic carbocycles. The minimum atomic E-state index is -3.83. The van der Waals surface area contributed by atoms with E-state index < -0.39 is 10.0 Å². The number of benzene rings is 2. The Bertz CT molecular complexity index is 1130. The van der Waals surface area contributed by atoms with Crippen LogP contribution in [-0.4, -0.2) is 51.4 Å². The highest BCUT2D eigenvalue weighted by Crippen LogP contribution is 2.32. The molecule has 2 amide bonds. The van der Waals surface area contributed by atoms with Crippen LogP contribution < -0.4 is 19.5 Å². The number of amides is 2. The van der Waals surface area contributed by atoms with Gasteiger partial charge in [0.1, 0.15) is 0 Å². The van der Waals surface area contributed by atoms with E-state index in [-0.39, 0.29) is 22.6 Å². The van der Waals surface area contributed by atoms with E-state index in [0.717, 1.165) is 6.42 Å². The van der Waals surface area contributed by atoms with Gasteiger partial charge in [0.25, 0.3) is 10.0 Å². The van der Waals surface area contributed by atoms with E-state index in [1.165, 1.54) is 19.1 Å². The van der Waals surface area contributed by atoms with Gasteiger partial charge in [0.15, 0.2) is 11.5 Å². The summed E-state index contributed by atoms with van der Waals surface area (Å²) < 4.78 is 39.3. The van der Waals surface area contributed by atoms with Crippen molar-refractivity contribution < 1.29 is 27.5 Å². The predicted molar refractivity (Wildman–Crippen MR) is 123 cm³/mol. The lowest BCUT2D eigenvalue weighted by atomic mass is 9.96. The number of fused-ring (bicyclic) bond motifs is 1. The smallest absolute Gasteiger partial charge is 0.262 e. The molecule has 2 N–H and O–H groups in total. The van der Waals surface area contributed by atoms with Crippen LogP contribution in [0.2, 0.25) is 0 Å². The van der Waals surface area contributed by atoms with E-state index in [0.29, 0.717) is 62.0 Å². The van der Waals surface area contributed by atoms with Crippen LogP contribution in [-0.2, 0) is 19.6 Å². The molecule has 2 heterocycles. The highest BCUT2D eigenvalue weighted by atomic mass is 32.2. The molecule has 10 heteroatoms. The van der Waals surface area contributed by atoms with Crippen molar-refractivity contribution in [3.05, 3.63) is 42.5 Å². The highest BCUT2D eigenvalue weighted by Gasteiger charge is 2.26. The molecule has 2 aromatic rings. The van der Waals surface area contributed by atoms with Gasteiger partial charge in [0.05, 0.1) is 18.1 Å². The number of likely N-dealkylation sites (tertiary alicyclic amines) is 1. The standard InChI is InChI=1S/C23H27N3O6S/c1-16(27)26-11-9-17(10-12-26)23(28)24-18-3-5-19(6-4-18)25-33(29,30)20-7-8-21-22(15-20)32-14-2-13-31-21/h3-8,15,17,25H,2,9-14H2,1H3,(H,24,28). The Morgan fingerprint density at radius 2 is 1.58 bits per heavy atom. The van der Waals surface area contributed by atoms with E-state index in [4.69, 9.17) is 9.47 Å². The minimum Gasteiger partial charge on any atom is -0.490 e. The van der Waals surface area contributed by atoms with Crippen LogP contribution in [0.4, 0.5) is 11.4 Å². The van der Waals surface area contributed by atoms with Gasteiger partial charge in [-0.05, 0) is 49.2 Å². The van der Waals surface area contributed by atoms with Crippen molar-refractivity contribution in [2.24, 2.45) is 5.92 Å². The summed E-state index contributed by atoms with van der Waals surface area (Å²) in [6.45, 7) is 3.68. The van der Waals surface area contributed by atoms with Crippen LogP contribution in [0.25, 0.3) is 0 Å². The molecule has 33 heavy (non-hydrogen) atoms. The van der Waals surface area contributed by atoms with E-state index in [2.05, 4.69) is 10.0 Å². The van der Waals surface area contributed by atoms with Gasteiger partial charge >= 0.3 is 0 Å². The molecule has 0 unspecified atom stereocenters. The van der Waals surface area contributed by atoms with Gasteiger partial charge < -0.3 is 19.7 Å². The molecule has 2 aliphatic heterocycles. The third-order valence-electron chi connectivity index (χ3n) is 5.75. The minimum absolute atomic E-state index is 0.0265. The van der Waals surface area contributed by atoms with Crippen LogP contribution in [0.5, 0.6) is 11.5 Å². The second-order valence-electron chi connectivity index (χ2n) is 8.11. The summed E-state index contributed by atoms with van der Waals surface area (Å²) in [5, 5.41) is 2.87. The maximum Gasteiger partial charge on any atom is 0.262 e. The average molecular weight is 474 g/mol. The molecule has 9 nitrogen and oxygen atoms in total. The molecule has 1 saturated heterocycles. The molecule has 1 fully saturated rings. The second-order valence-corrected chi connectivity index (χ2v) is 9.79. The average Bonchev–Trinajstić information content (AvgIpc) is 3.05. The Kier molecular flexibility index (Phi) is 6.73. The van der Waals surface area contributed by atoms with Gasteiger partial charge in [-0.1, -0.05) is 0 Å². The van der Waals surface area contributed by atoms with Crippen LogP contribution in [0, 0.1) is 5.92 Å². The van der Waals surface area contributed by atoms with Gasteiger partial charge in [0, 0.05) is 49.8 Å². The molecular weight excluding hydrogens is 446 g/mol. The summed E-state index contributed by atoms with van der Waals surface area (Å²) in [5.74, 6) is 0.705. The molecule has 2 aliphatic rings. The summed E-state index contributed by atoms with van der Waals surface area (Å²) in [7, 11) is -3.83. The number of hydrogen-bond donors (Lipinski definition) is 2. The molecule has 0 bridgehead atoms. The fraction of sp³-hybridized carbons (Fsp3) is 0.391. The maximum atomic E-state index is 12.8. The van der Waals surface area contributed by atoms with E-state index >= 15 is 0 Å². The first kappa shape index (κ1) is 22.9. The molecule has 2 aromatic carbocycles. The molecule has 176 valence electrons. The largest absolute Gasteiger partial charge is 0.490 e. The summed E-state index contributed by atoms with van der Waals surface area (Å²) in [6, 6.07) is 11.0. The first-order chi connectivity index (χ1) is 15.8. The van der Waals surface area contributed by atoms with E-state index in [1.54, 1.807) is 35.2 Å². The fourth-order valence-electron chi connectivity index (χ4n) is 3.85. The summed E-state index contributed by atoms with van der Waals surface area (Å²) in [6.07, 6.45) is 1.98. The van der Waals surface area contributed by atoms with Crippen molar-refractivity contribution in [3.63, 3.8) is 0 Å². The summed E-state index contributed by atoms with van der Waals surface area (Å²) in [5.41, 5.74) is 0.947. The van der Waals surface area contributed by atoms with Crippen LogP contribution >= 0.6 is 0 Å². The molecule has 0 aromatic heterocycles. The van der Waals surface area contributed by atoms with Crippen molar-refractivity contribution >= 4 is 33.2 Å². The third kappa shape index (κ3) is 5.57. The Labute approximate surface area is 193 Å². The molecule has 0 radical (unpaired) electrons. The quantitative estimate of drug-likeness (QED) is 0.690. The summed E-state index contributed by atoms with van der Waals surface area (Å²) in [4.78, 5) is 25.8. The normalized spacial score (nSPS) is 16.6. The monoisotopic (exact) mass is 473 g/mol. The number of ether oxygens (including phenoxy) is 2. The van der Waals surface area contributed by atoms with Crippen molar-refractivity contribution in [3.8, 4) is 11.5 Å². The fourth-order valence-corrected chi connectivity index (χ4v) is 4.92. The molecule has 0 spiro atoms. The number of rotatable bonds is 5. The van der Waals surface area contributed by atoms with Crippen LogP contribution in [0.15, 0.2) is 47.4 Å². The number of carbonyl (C=O) groups excluding carboxylic acids is 2. The molecular formula is C23H27N3O6S. The molecule has 0 atom stereocenters. The number of nitrogens with one attached hydrogen (secondary N) is 2. The zero-order valence-corrected chi connectivity index (χ0v) is 19.2. The number of anilines is 2. The van der Waals surface area contributed by atoms with Crippen molar-refractivity contribution in [2.75, 3.05) is 36.3 Å². The number of carbonyl (C=O) groups is 2. The number of sulfonamides is 1. The van der Waals surface area contributed by atoms with Crippen molar-refractivity contribution in [2.45, 2.75) is 31.1 Å². The lowest BCUT2D eigenvalue weighted by Gasteiger charge is -2.30. The van der Waals surface area contributed by atoms with Crippen LogP contribution in [0.3, 0.4) is 0 Å². The van der Waals surface area contributed by atoms with Crippen LogP contribution in [0.1, 0.15) is 26.2 Å². The van der Waals surface area contributed by atoms with E-state index in [9.17, 15) is 18.0 Å². The van der Waals surface area contributed by atoms with Crippen molar-refractivity contribution in [1.29, 1.82) is 0 Å². The Balaban J connectivity index is 1.37. The third-order valence-corrected chi connectivity index (χ3v) is 7.12. The zero-order valence-electron chi connectivity index (χ0n) is 18.4. The SMILES string of the molecule is CC(=O)N1CCC(C(=O)Nc2ccc(NS(=O)(=O)c3ccc4c(c3)OCCCO4)cc2)CC1. The second kappa shape index (κ2) is 9.70. The number of hydrogen-bond acceptors (Lipinski definition) is 6. The highest BCUT2D eigenvalue weighted by molar-refractivity contribution is 7.92. The lowest BCUT2D eigenvalue weighted by Crippen LogP contribution is -2.40. The zero-order chi connectivity index (χ0) is 23.4. The number of nitrogens with zero attached hydrogens (tertiary/aromatic N) is 1. The van der Waals surface area contributed by atoms with Gasteiger partial charge in [-0.25, -0.2) is 8.42 Å². The first-order valence-electron chi connectivity index (χ1n) is 10.9. The summed E-state index contributed by atoms with van der Waals surface area (Å²) >= 11 is 0. The number of piperidine rings is 1. The van der Waals surface area contributed by atoms with Gasteiger partial charge in [-0.15, -0.1) is 0 Å². The van der Waals surface area contributed by atoms with Gasteiger partial charge in [0.2, 0.25) is 11.8 Å². The maximum absolute atomic E-state index is 12.8. The lowest BCUT2D eigenvalue weighted by molar-refractivity contribution is -0.132.